The Labute approximate surface area is 195 Å². The van der Waals surface area contributed by atoms with Gasteiger partial charge in [-0.25, -0.2) is 4.98 Å². The van der Waals surface area contributed by atoms with Crippen molar-refractivity contribution in [3.8, 4) is 11.9 Å². The molecule has 0 aliphatic carbocycles. The van der Waals surface area contributed by atoms with Gasteiger partial charge in [-0.3, -0.25) is 9.69 Å². The normalized spacial score (nSPS) is 22.3. The molecule has 3 heterocycles. The van der Waals surface area contributed by atoms with Gasteiger partial charge in [-0.05, 0) is 25.1 Å². The third kappa shape index (κ3) is 5.33. The highest BCUT2D eigenvalue weighted by Crippen LogP contribution is 2.33. The molecule has 0 saturated carbocycles. The van der Waals surface area contributed by atoms with Crippen molar-refractivity contribution in [2.24, 2.45) is 11.8 Å². The monoisotopic (exact) mass is 475 g/mol. The van der Waals surface area contributed by atoms with Crippen molar-refractivity contribution >= 4 is 29.1 Å². The van der Waals surface area contributed by atoms with Gasteiger partial charge < -0.3 is 19.5 Å². The third-order valence-electron chi connectivity index (χ3n) is 5.59. The van der Waals surface area contributed by atoms with Crippen LogP contribution in [0.15, 0.2) is 24.5 Å². The first-order chi connectivity index (χ1) is 16.0. The van der Waals surface area contributed by atoms with Crippen molar-refractivity contribution < 1.29 is 23.4 Å². The summed E-state index contributed by atoms with van der Waals surface area (Å²) < 4.78 is 31.9. The molecule has 2 unspecified atom stereocenters. The molecule has 1 aromatic carbocycles. The summed E-state index contributed by atoms with van der Waals surface area (Å²) in [5.41, 5.74) is 0.789. The third-order valence-corrected chi connectivity index (χ3v) is 5.91. The fraction of sp³-hybridized carbons (Fsp3) is 0.455. The second-order valence-electron chi connectivity index (χ2n) is 7.91. The summed E-state index contributed by atoms with van der Waals surface area (Å²) in [4.78, 5) is 21.8. The van der Waals surface area contributed by atoms with Crippen molar-refractivity contribution in [3.63, 3.8) is 0 Å². The summed E-state index contributed by atoms with van der Waals surface area (Å²) in [6.45, 7) is 4.34. The highest BCUT2D eigenvalue weighted by molar-refractivity contribution is 6.33. The van der Waals surface area contributed by atoms with E-state index in [2.05, 4.69) is 15.3 Å². The van der Waals surface area contributed by atoms with E-state index in [-0.39, 0.29) is 47.2 Å². The molecule has 174 valence electrons. The van der Waals surface area contributed by atoms with Gasteiger partial charge in [0.1, 0.15) is 12.4 Å². The smallest absolute Gasteiger partial charge is 0.320 e. The van der Waals surface area contributed by atoms with Gasteiger partial charge >= 0.3 is 5.97 Å². The minimum Gasteiger partial charge on any atom is -0.471 e. The molecule has 2 aliphatic rings. The molecule has 2 aromatic rings. The lowest BCUT2D eigenvalue weighted by Gasteiger charge is -2.46. The molecule has 9 nitrogen and oxygen atoms in total. The first kappa shape index (κ1) is 23.2. The maximum Gasteiger partial charge on any atom is 0.320 e. The summed E-state index contributed by atoms with van der Waals surface area (Å²) in [6, 6.07) is 6.61. The van der Waals surface area contributed by atoms with E-state index in [0.717, 1.165) is 0 Å². The summed E-state index contributed by atoms with van der Waals surface area (Å²) in [6.07, 6.45) is 0.897. The van der Waals surface area contributed by atoms with Crippen LogP contribution in [0.3, 0.4) is 0 Å². The molecule has 2 bridgehead atoms. The van der Waals surface area contributed by atoms with Crippen LogP contribution in [0.5, 0.6) is 5.88 Å². The van der Waals surface area contributed by atoms with Crippen LogP contribution in [-0.4, -0.2) is 66.4 Å². The Kier molecular flexibility index (Phi) is 7.23. The number of hydrogen-bond donors (Lipinski definition) is 1. The highest BCUT2D eigenvalue weighted by atomic mass is 35.5. The summed E-state index contributed by atoms with van der Waals surface area (Å²) in [5.74, 6) is -1.37. The number of rotatable bonds is 7. The Balaban J connectivity index is 1.47. The number of piperidine rings is 1. The Morgan fingerprint density at radius 1 is 1.36 bits per heavy atom. The molecule has 2 saturated heterocycles. The average Bonchev–Trinajstić information content (AvgIpc) is 2.78. The Bertz CT molecular complexity index is 1050. The maximum atomic E-state index is 15.2. The van der Waals surface area contributed by atoms with Crippen LogP contribution >= 0.6 is 11.6 Å². The lowest BCUT2D eigenvalue weighted by molar-refractivity contribution is -0.150. The number of fused-ring (bicyclic) bond motifs is 2. The van der Waals surface area contributed by atoms with Crippen LogP contribution in [-0.2, 0) is 14.3 Å². The SMILES string of the molecule is CCOC(=O)CN1CC2COCC(C1)C2Oc1ncnc(Nc2ccc(C#N)cc2Cl)c1F. The number of nitrogens with one attached hydrogen (secondary N) is 1. The van der Waals surface area contributed by atoms with Gasteiger partial charge in [-0.1, -0.05) is 11.6 Å². The molecule has 33 heavy (non-hydrogen) atoms. The topological polar surface area (TPSA) is 110 Å². The number of carbonyl (C=O) groups is 1. The van der Waals surface area contributed by atoms with Gasteiger partial charge in [0.2, 0.25) is 5.82 Å². The summed E-state index contributed by atoms with van der Waals surface area (Å²) in [5, 5.41) is 12.1. The molecule has 4 rings (SSSR count). The molecule has 0 spiro atoms. The Morgan fingerprint density at radius 3 is 2.79 bits per heavy atom. The van der Waals surface area contributed by atoms with E-state index < -0.39 is 5.82 Å². The number of likely N-dealkylation sites (tertiary alicyclic amines) is 1. The van der Waals surface area contributed by atoms with Gasteiger partial charge in [0, 0.05) is 24.9 Å². The average molecular weight is 476 g/mol. The van der Waals surface area contributed by atoms with Crippen molar-refractivity contribution in [2.75, 3.05) is 44.8 Å². The van der Waals surface area contributed by atoms with Gasteiger partial charge in [0.25, 0.3) is 5.88 Å². The zero-order chi connectivity index (χ0) is 23.4. The number of ether oxygens (including phenoxy) is 3. The van der Waals surface area contributed by atoms with E-state index in [9.17, 15) is 4.79 Å². The molecule has 1 aromatic heterocycles. The van der Waals surface area contributed by atoms with Gasteiger partial charge in [-0.2, -0.15) is 14.6 Å². The Hall–Kier alpha value is -3.00. The second kappa shape index (κ2) is 10.3. The van der Waals surface area contributed by atoms with Crippen LogP contribution in [0.1, 0.15) is 12.5 Å². The quantitative estimate of drug-likeness (QED) is 0.604. The first-order valence-corrected chi connectivity index (χ1v) is 11.0. The van der Waals surface area contributed by atoms with Crippen LogP contribution in [0.25, 0.3) is 0 Å². The molecular formula is C22H23ClFN5O4. The molecule has 2 aliphatic heterocycles. The number of esters is 1. The molecule has 11 heteroatoms. The fourth-order valence-corrected chi connectivity index (χ4v) is 4.40. The fourth-order valence-electron chi connectivity index (χ4n) is 4.17. The van der Waals surface area contributed by atoms with Crippen molar-refractivity contribution in [1.29, 1.82) is 5.26 Å². The molecule has 2 fully saturated rings. The number of anilines is 2. The van der Waals surface area contributed by atoms with Gasteiger partial charge in [0.15, 0.2) is 5.82 Å². The number of carbonyl (C=O) groups excluding carboxylic acids is 1. The molecular weight excluding hydrogens is 453 g/mol. The van der Waals surface area contributed by atoms with Crippen molar-refractivity contribution in [2.45, 2.75) is 13.0 Å². The lowest BCUT2D eigenvalue weighted by atomic mass is 9.84. The standard InChI is InChI=1S/C22H23ClFN5O4/c1-2-32-18(30)9-29-7-14-10-31-11-15(8-29)20(14)33-22-19(24)21(26-12-27-22)28-17-4-3-13(6-25)5-16(17)23/h3-5,12,14-15,20H,2,7-11H2,1H3,(H,26,27,28). The molecule has 1 N–H and O–H groups in total. The van der Waals surface area contributed by atoms with E-state index in [1.807, 2.05) is 11.0 Å². The lowest BCUT2D eigenvalue weighted by Crippen LogP contribution is -2.58. The van der Waals surface area contributed by atoms with E-state index in [0.29, 0.717) is 44.2 Å². The number of aromatic nitrogens is 2. The number of hydrogen-bond acceptors (Lipinski definition) is 9. The van der Waals surface area contributed by atoms with Gasteiger partial charge in [0.05, 0.1) is 48.7 Å². The minimum atomic E-state index is -0.745. The largest absolute Gasteiger partial charge is 0.471 e. The van der Waals surface area contributed by atoms with Crippen molar-refractivity contribution in [3.05, 3.63) is 40.9 Å². The number of benzene rings is 1. The van der Waals surface area contributed by atoms with Crippen LogP contribution in [0.4, 0.5) is 15.9 Å². The summed E-state index contributed by atoms with van der Waals surface area (Å²) >= 11 is 6.18. The molecule has 0 amide bonds. The van der Waals surface area contributed by atoms with E-state index >= 15 is 4.39 Å². The zero-order valence-corrected chi connectivity index (χ0v) is 18.7. The molecule has 0 radical (unpaired) electrons. The van der Waals surface area contributed by atoms with Crippen molar-refractivity contribution in [1.82, 2.24) is 14.9 Å². The van der Waals surface area contributed by atoms with Crippen LogP contribution < -0.4 is 10.1 Å². The number of nitrogens with zero attached hydrogens (tertiary/aromatic N) is 4. The number of halogens is 2. The maximum absolute atomic E-state index is 15.2. The van der Waals surface area contributed by atoms with Crippen LogP contribution in [0, 0.1) is 29.0 Å². The molecule has 2 atom stereocenters. The minimum absolute atomic E-state index is 0.0503. The first-order valence-electron chi connectivity index (χ1n) is 10.6. The zero-order valence-electron chi connectivity index (χ0n) is 18.0. The Morgan fingerprint density at radius 2 is 2.12 bits per heavy atom. The van der Waals surface area contributed by atoms with Gasteiger partial charge in [-0.15, -0.1) is 0 Å². The highest BCUT2D eigenvalue weighted by Gasteiger charge is 2.43. The summed E-state index contributed by atoms with van der Waals surface area (Å²) in [7, 11) is 0. The predicted octanol–water partition coefficient (Wildman–Crippen LogP) is 2.77. The second-order valence-corrected chi connectivity index (χ2v) is 8.32. The predicted molar refractivity (Wildman–Crippen MR) is 117 cm³/mol. The van der Waals surface area contributed by atoms with E-state index in [1.54, 1.807) is 19.1 Å². The number of nitriles is 1. The van der Waals surface area contributed by atoms with E-state index in [1.165, 1.54) is 12.4 Å². The van der Waals surface area contributed by atoms with E-state index in [4.69, 9.17) is 31.1 Å². The van der Waals surface area contributed by atoms with Crippen LogP contribution in [0.2, 0.25) is 5.02 Å².